The maximum absolute atomic E-state index is 14.1. The molecule has 0 spiro atoms. The van der Waals surface area contributed by atoms with Crippen LogP contribution in [0.1, 0.15) is 126 Å². The lowest BCUT2D eigenvalue weighted by Gasteiger charge is -2.27. The first-order valence-electron chi connectivity index (χ1n) is 15.6. The Labute approximate surface area is 237 Å². The lowest BCUT2D eigenvalue weighted by molar-refractivity contribution is -0.139. The zero-order valence-electron chi connectivity index (χ0n) is 24.7. The van der Waals surface area contributed by atoms with Gasteiger partial charge in [0.1, 0.15) is 12.3 Å². The number of hydrogen-bond acceptors (Lipinski definition) is 4. The van der Waals surface area contributed by atoms with E-state index in [1.807, 2.05) is 22.6 Å². The van der Waals surface area contributed by atoms with Crippen molar-refractivity contribution in [3.63, 3.8) is 0 Å². The molecule has 2 aliphatic carbocycles. The lowest BCUT2D eigenvalue weighted by atomic mass is 9.79. The predicted octanol–water partition coefficient (Wildman–Crippen LogP) is 6.55. The second-order valence-corrected chi connectivity index (χ2v) is 13.9. The molecule has 3 heterocycles. The zero-order chi connectivity index (χ0) is 28.4. The topological polar surface area (TPSA) is 76.5 Å². The standard InChI is InChI=1S/C34H44N2O4/c1-5-28(38)27-17-34-14-12-30(39)33(3,4)13-8-6-7-9-23-15-24(22-10-11-22)16-25-26(21(2)37)19-35(32(23)25)20-31(40)36(27)29(34)18-34/h15-16,19,22,27,29H,5-14,17-18,20H2,1-4H3/t27-,29+,34-/m0/s1. The molecule has 1 aromatic carbocycles. The van der Waals surface area contributed by atoms with Crippen molar-refractivity contribution < 1.29 is 19.2 Å². The molecule has 214 valence electrons. The molecule has 4 aliphatic rings. The van der Waals surface area contributed by atoms with Crippen LogP contribution in [0.5, 0.6) is 0 Å². The highest BCUT2D eigenvalue weighted by Crippen LogP contribution is 2.62. The minimum atomic E-state index is -0.409. The van der Waals surface area contributed by atoms with E-state index in [1.165, 1.54) is 24.0 Å². The van der Waals surface area contributed by atoms with Crippen LogP contribution in [0.4, 0.5) is 0 Å². The molecule has 40 heavy (non-hydrogen) atoms. The van der Waals surface area contributed by atoms with E-state index in [4.69, 9.17) is 0 Å². The van der Waals surface area contributed by atoms with Crippen molar-refractivity contribution in [1.29, 1.82) is 0 Å². The number of piperidine rings is 1. The van der Waals surface area contributed by atoms with Gasteiger partial charge in [-0.1, -0.05) is 39.7 Å². The van der Waals surface area contributed by atoms with Gasteiger partial charge in [-0.3, -0.25) is 19.2 Å². The van der Waals surface area contributed by atoms with Gasteiger partial charge in [0.2, 0.25) is 5.91 Å². The molecule has 2 aliphatic heterocycles. The number of hydrogen-bond donors (Lipinski definition) is 0. The summed E-state index contributed by atoms with van der Waals surface area (Å²) in [4.78, 5) is 55.1. The van der Waals surface area contributed by atoms with E-state index in [9.17, 15) is 19.2 Å². The smallest absolute Gasteiger partial charge is 0.243 e. The average molecular weight is 545 g/mol. The number of ketones is 3. The van der Waals surface area contributed by atoms with Crippen molar-refractivity contribution >= 4 is 34.2 Å². The van der Waals surface area contributed by atoms with Crippen LogP contribution >= 0.6 is 0 Å². The Kier molecular flexibility index (Phi) is 6.82. The van der Waals surface area contributed by atoms with E-state index >= 15 is 0 Å². The molecule has 1 saturated heterocycles. The van der Waals surface area contributed by atoms with Gasteiger partial charge in [0.25, 0.3) is 0 Å². The van der Waals surface area contributed by atoms with Crippen LogP contribution in [-0.4, -0.2) is 44.8 Å². The number of aromatic nitrogens is 1. The molecule has 0 N–H and O–H groups in total. The summed E-state index contributed by atoms with van der Waals surface area (Å²) < 4.78 is 2.00. The molecule has 6 rings (SSSR count). The fourth-order valence-corrected chi connectivity index (χ4v) is 7.79. The molecule has 6 heteroatoms. The molecular formula is C34H44N2O4. The molecule has 3 fully saturated rings. The van der Waals surface area contributed by atoms with E-state index in [0.717, 1.165) is 55.8 Å². The zero-order valence-corrected chi connectivity index (χ0v) is 24.7. The summed E-state index contributed by atoms with van der Waals surface area (Å²) in [5, 5.41) is 0.965. The molecule has 2 aromatic rings. The first kappa shape index (κ1) is 27.4. The average Bonchev–Trinajstić information content (AvgIpc) is 3.83. The second kappa shape index (κ2) is 9.95. The monoisotopic (exact) mass is 544 g/mol. The predicted molar refractivity (Wildman–Crippen MR) is 155 cm³/mol. The van der Waals surface area contributed by atoms with Crippen molar-refractivity contribution in [1.82, 2.24) is 9.47 Å². The summed E-state index contributed by atoms with van der Waals surface area (Å²) in [5.41, 5.74) is 3.74. The van der Waals surface area contributed by atoms with Crippen molar-refractivity contribution in [2.24, 2.45) is 10.8 Å². The Bertz CT molecular complexity index is 1400. The van der Waals surface area contributed by atoms with E-state index in [1.54, 1.807) is 6.92 Å². The number of carbonyl (C=O) groups excluding carboxylic acids is 4. The molecule has 2 saturated carbocycles. The van der Waals surface area contributed by atoms with E-state index in [2.05, 4.69) is 26.0 Å². The third-order valence-electron chi connectivity index (χ3n) is 10.6. The minimum Gasteiger partial charge on any atom is -0.337 e. The molecular weight excluding hydrogens is 500 g/mol. The SMILES string of the molecule is CCC(=O)[C@@H]1C[C@]23CCC(=O)C(C)(C)CCCCCc4cc(C5CC5)cc5c(C(C)=O)cn(c45)CC(=O)N1[C@@H]2C3. The van der Waals surface area contributed by atoms with Crippen LogP contribution in [0.15, 0.2) is 18.3 Å². The van der Waals surface area contributed by atoms with Gasteiger partial charge in [0, 0.05) is 41.4 Å². The summed E-state index contributed by atoms with van der Waals surface area (Å²) >= 11 is 0. The quantitative estimate of drug-likeness (QED) is 0.409. The molecule has 2 bridgehead atoms. The van der Waals surface area contributed by atoms with Crippen LogP contribution in [-0.2, 0) is 27.3 Å². The summed E-state index contributed by atoms with van der Waals surface area (Å²) in [6, 6.07) is 4.13. The fraction of sp³-hybridized carbons (Fsp3) is 0.647. The number of amides is 1. The number of Topliss-reactive ketones (excluding diaryl/α,β-unsaturated/α-hetero) is 3. The normalized spacial score (nSPS) is 28.9. The van der Waals surface area contributed by atoms with Gasteiger partial charge in [-0.2, -0.15) is 0 Å². The van der Waals surface area contributed by atoms with Gasteiger partial charge in [0.15, 0.2) is 11.6 Å². The largest absolute Gasteiger partial charge is 0.337 e. The highest BCUT2D eigenvalue weighted by molar-refractivity contribution is 6.08. The van der Waals surface area contributed by atoms with Crippen LogP contribution < -0.4 is 0 Å². The Balaban J connectivity index is 1.42. The van der Waals surface area contributed by atoms with Crippen molar-refractivity contribution in [2.45, 2.75) is 129 Å². The highest BCUT2D eigenvalue weighted by atomic mass is 16.2. The van der Waals surface area contributed by atoms with Gasteiger partial charge >= 0.3 is 0 Å². The molecule has 1 amide bonds. The Morgan fingerprint density at radius 2 is 1.77 bits per heavy atom. The van der Waals surface area contributed by atoms with Crippen LogP contribution in [0, 0.1) is 10.8 Å². The summed E-state index contributed by atoms with van der Waals surface area (Å²) in [6.45, 7) is 7.78. The summed E-state index contributed by atoms with van der Waals surface area (Å²) in [5.74, 6) is 0.959. The second-order valence-electron chi connectivity index (χ2n) is 13.9. The van der Waals surface area contributed by atoms with Gasteiger partial charge in [-0.25, -0.2) is 0 Å². The third-order valence-corrected chi connectivity index (χ3v) is 10.6. The number of aryl methyl sites for hydroxylation is 1. The number of rotatable bonds is 4. The Hall–Kier alpha value is -2.76. The van der Waals surface area contributed by atoms with Crippen molar-refractivity contribution in [3.05, 3.63) is 35.0 Å². The maximum Gasteiger partial charge on any atom is 0.243 e. The van der Waals surface area contributed by atoms with Crippen LogP contribution in [0.25, 0.3) is 10.9 Å². The number of benzene rings is 1. The lowest BCUT2D eigenvalue weighted by Crippen LogP contribution is -2.44. The van der Waals surface area contributed by atoms with E-state index in [0.29, 0.717) is 36.5 Å². The minimum absolute atomic E-state index is 0.0190. The van der Waals surface area contributed by atoms with Gasteiger partial charge < -0.3 is 9.47 Å². The number of nitrogens with zero attached hydrogens (tertiary/aromatic N) is 2. The van der Waals surface area contributed by atoms with Gasteiger partial charge in [-0.05, 0) is 86.8 Å². The fourth-order valence-electron chi connectivity index (χ4n) is 7.79. The number of carbonyl (C=O) groups is 4. The first-order chi connectivity index (χ1) is 19.0. The van der Waals surface area contributed by atoms with Crippen molar-refractivity contribution in [3.8, 4) is 0 Å². The molecule has 1 aromatic heterocycles. The van der Waals surface area contributed by atoms with Crippen molar-refractivity contribution in [2.75, 3.05) is 0 Å². The van der Waals surface area contributed by atoms with Gasteiger partial charge in [-0.15, -0.1) is 0 Å². The first-order valence-corrected chi connectivity index (χ1v) is 15.6. The molecule has 0 radical (unpaired) electrons. The summed E-state index contributed by atoms with van der Waals surface area (Å²) in [7, 11) is 0. The van der Waals surface area contributed by atoms with Gasteiger partial charge in [0.05, 0.1) is 11.6 Å². The molecule has 3 atom stereocenters. The van der Waals surface area contributed by atoms with Crippen LogP contribution in [0.2, 0.25) is 0 Å². The Morgan fingerprint density at radius 3 is 2.48 bits per heavy atom. The molecule has 6 nitrogen and oxygen atoms in total. The van der Waals surface area contributed by atoms with Crippen LogP contribution in [0.3, 0.4) is 0 Å². The van der Waals surface area contributed by atoms with E-state index in [-0.39, 0.29) is 40.9 Å². The summed E-state index contributed by atoms with van der Waals surface area (Å²) in [6.07, 6.45) is 12.3. The van der Waals surface area contributed by atoms with E-state index < -0.39 is 6.04 Å². The Morgan fingerprint density at radius 1 is 1.00 bits per heavy atom. The highest BCUT2D eigenvalue weighted by Gasteiger charge is 2.66. The molecule has 0 unspecified atom stereocenters. The third kappa shape index (κ3) is 4.75. The maximum atomic E-state index is 14.1.